The van der Waals surface area contributed by atoms with Gasteiger partial charge in [0.1, 0.15) is 6.54 Å². The van der Waals surface area contributed by atoms with Crippen LogP contribution >= 0.6 is 11.8 Å². The molecule has 0 aromatic carbocycles. The van der Waals surface area contributed by atoms with Crippen molar-refractivity contribution in [3.8, 4) is 6.07 Å². The first-order chi connectivity index (χ1) is 5.95. The number of nitrogens with zero attached hydrogens (tertiary/aromatic N) is 1. The lowest BCUT2D eigenvalue weighted by molar-refractivity contribution is -0.118. The molecule has 13 heavy (non-hydrogen) atoms. The normalized spacial score (nSPS) is 10.6. The van der Waals surface area contributed by atoms with Gasteiger partial charge in [-0.2, -0.15) is 17.0 Å². The van der Waals surface area contributed by atoms with Crippen molar-refractivity contribution in [2.45, 2.75) is 19.4 Å². The van der Waals surface area contributed by atoms with Crippen molar-refractivity contribution < 1.29 is 4.79 Å². The van der Waals surface area contributed by atoms with Crippen molar-refractivity contribution in [3.63, 3.8) is 0 Å². The Labute approximate surface area is 82.9 Å². The molecule has 5 heteroatoms. The Hall–Kier alpha value is -0.730. The maximum absolute atomic E-state index is 11.0. The van der Waals surface area contributed by atoms with Gasteiger partial charge in [-0.05, 0) is 13.8 Å². The molecule has 0 spiro atoms. The van der Waals surface area contributed by atoms with Crippen LogP contribution in [0.2, 0.25) is 0 Å². The van der Waals surface area contributed by atoms with Gasteiger partial charge in [0, 0.05) is 11.3 Å². The summed E-state index contributed by atoms with van der Waals surface area (Å²) in [4.78, 5) is 11.0. The fourth-order valence-corrected chi connectivity index (χ4v) is 1.51. The molecular weight excluding hydrogens is 186 g/mol. The number of nitrogens with one attached hydrogen (secondary N) is 1. The minimum absolute atomic E-state index is 0.0748. The van der Waals surface area contributed by atoms with E-state index in [0.29, 0.717) is 5.75 Å². The predicted octanol–water partition coefficient (Wildman–Crippen LogP) is 0.0967. The molecule has 0 aliphatic heterocycles. The lowest BCUT2D eigenvalue weighted by Crippen LogP contribution is -2.35. The molecule has 1 amide bonds. The molecule has 0 aromatic rings. The van der Waals surface area contributed by atoms with Crippen LogP contribution in [0.3, 0.4) is 0 Å². The zero-order valence-electron chi connectivity index (χ0n) is 7.96. The van der Waals surface area contributed by atoms with Crippen LogP contribution in [-0.4, -0.2) is 29.5 Å². The molecule has 4 nitrogen and oxygen atoms in total. The standard InChI is InChI=1S/C8H15N3OS/c1-8(2,10)6-13-5-7(12)11-4-3-9/h4-6,10H2,1-2H3,(H,11,12). The van der Waals surface area contributed by atoms with Crippen molar-refractivity contribution >= 4 is 17.7 Å². The summed E-state index contributed by atoms with van der Waals surface area (Å²) >= 11 is 1.47. The van der Waals surface area contributed by atoms with Crippen molar-refractivity contribution in [3.05, 3.63) is 0 Å². The molecule has 0 unspecified atom stereocenters. The number of carbonyl (C=O) groups excluding carboxylic acids is 1. The molecule has 0 saturated heterocycles. The second-order valence-electron chi connectivity index (χ2n) is 3.42. The number of hydrogen-bond acceptors (Lipinski definition) is 4. The number of amides is 1. The van der Waals surface area contributed by atoms with Gasteiger partial charge in [0.05, 0.1) is 11.8 Å². The zero-order valence-corrected chi connectivity index (χ0v) is 8.78. The monoisotopic (exact) mass is 201 g/mol. The quantitative estimate of drug-likeness (QED) is 0.618. The third-order valence-corrected chi connectivity index (χ3v) is 2.49. The van der Waals surface area contributed by atoms with Gasteiger partial charge < -0.3 is 11.1 Å². The molecule has 0 aliphatic rings. The molecule has 0 heterocycles. The van der Waals surface area contributed by atoms with Crippen molar-refractivity contribution in [1.82, 2.24) is 5.32 Å². The van der Waals surface area contributed by atoms with Crippen molar-refractivity contribution in [2.24, 2.45) is 5.73 Å². The Morgan fingerprint density at radius 2 is 2.31 bits per heavy atom. The van der Waals surface area contributed by atoms with Gasteiger partial charge in [-0.1, -0.05) is 0 Å². The van der Waals surface area contributed by atoms with Crippen LogP contribution in [-0.2, 0) is 4.79 Å². The van der Waals surface area contributed by atoms with E-state index in [2.05, 4.69) is 5.32 Å². The van der Waals surface area contributed by atoms with E-state index in [4.69, 9.17) is 11.0 Å². The fraction of sp³-hybridized carbons (Fsp3) is 0.750. The number of nitriles is 1. The number of rotatable bonds is 5. The lowest BCUT2D eigenvalue weighted by atomic mass is 10.1. The van der Waals surface area contributed by atoms with Crippen LogP contribution in [0.25, 0.3) is 0 Å². The van der Waals surface area contributed by atoms with Gasteiger partial charge in [0.25, 0.3) is 0 Å². The van der Waals surface area contributed by atoms with Gasteiger partial charge in [-0.25, -0.2) is 0 Å². The van der Waals surface area contributed by atoms with E-state index in [1.54, 1.807) is 0 Å². The maximum Gasteiger partial charge on any atom is 0.230 e. The molecule has 0 fully saturated rings. The lowest BCUT2D eigenvalue weighted by Gasteiger charge is -2.16. The van der Waals surface area contributed by atoms with Crippen LogP contribution in [0.4, 0.5) is 0 Å². The summed E-state index contributed by atoms with van der Waals surface area (Å²) in [7, 11) is 0. The largest absolute Gasteiger partial charge is 0.342 e. The Morgan fingerprint density at radius 3 is 2.77 bits per heavy atom. The van der Waals surface area contributed by atoms with E-state index in [1.807, 2.05) is 19.9 Å². The predicted molar refractivity (Wildman–Crippen MR) is 54.2 cm³/mol. The maximum atomic E-state index is 11.0. The summed E-state index contributed by atoms with van der Waals surface area (Å²) in [5.74, 6) is 0.978. The van der Waals surface area contributed by atoms with E-state index < -0.39 is 0 Å². The van der Waals surface area contributed by atoms with E-state index in [-0.39, 0.29) is 18.0 Å². The first-order valence-corrected chi connectivity index (χ1v) is 5.11. The second kappa shape index (κ2) is 5.84. The number of nitrogens with two attached hydrogens (primary N) is 1. The van der Waals surface area contributed by atoms with E-state index >= 15 is 0 Å². The Kier molecular flexibility index (Phi) is 5.51. The van der Waals surface area contributed by atoms with Crippen LogP contribution in [0, 0.1) is 11.3 Å². The molecule has 0 atom stereocenters. The Bertz CT molecular complexity index is 204. The minimum atomic E-state index is -0.250. The molecule has 74 valence electrons. The highest BCUT2D eigenvalue weighted by atomic mass is 32.2. The summed E-state index contributed by atoms with van der Waals surface area (Å²) < 4.78 is 0. The third kappa shape index (κ3) is 9.18. The van der Waals surface area contributed by atoms with E-state index in [9.17, 15) is 4.79 Å². The minimum Gasteiger partial charge on any atom is -0.342 e. The summed E-state index contributed by atoms with van der Waals surface area (Å²) in [5.41, 5.74) is 5.47. The number of hydrogen-bond donors (Lipinski definition) is 2. The van der Waals surface area contributed by atoms with Crippen molar-refractivity contribution in [2.75, 3.05) is 18.1 Å². The van der Waals surface area contributed by atoms with E-state index in [0.717, 1.165) is 5.75 Å². The van der Waals surface area contributed by atoms with Crippen LogP contribution in [0.1, 0.15) is 13.8 Å². The zero-order chi connectivity index (χ0) is 10.3. The Balaban J connectivity index is 3.44. The van der Waals surface area contributed by atoms with Gasteiger partial charge in [-0.15, -0.1) is 0 Å². The first kappa shape index (κ1) is 12.3. The van der Waals surface area contributed by atoms with Gasteiger partial charge >= 0.3 is 0 Å². The van der Waals surface area contributed by atoms with Crippen molar-refractivity contribution in [1.29, 1.82) is 5.26 Å². The first-order valence-electron chi connectivity index (χ1n) is 3.96. The molecule has 0 aliphatic carbocycles. The molecule has 0 saturated carbocycles. The summed E-state index contributed by atoms with van der Waals surface area (Å²) in [6.07, 6.45) is 0. The molecule has 0 aromatic heterocycles. The highest BCUT2D eigenvalue weighted by molar-refractivity contribution is 8.00. The van der Waals surface area contributed by atoms with Gasteiger partial charge in [0.2, 0.25) is 5.91 Å². The number of thioether (sulfide) groups is 1. The average molecular weight is 201 g/mol. The molecular formula is C8H15N3OS. The van der Waals surface area contributed by atoms with Crippen LogP contribution in [0.15, 0.2) is 0 Å². The summed E-state index contributed by atoms with van der Waals surface area (Å²) in [6, 6.07) is 1.84. The molecule has 0 radical (unpaired) electrons. The topological polar surface area (TPSA) is 78.9 Å². The van der Waals surface area contributed by atoms with Crippen LogP contribution in [0.5, 0.6) is 0 Å². The molecule has 0 rings (SSSR count). The molecule has 3 N–H and O–H groups in total. The average Bonchev–Trinajstić information content (AvgIpc) is 1.98. The Morgan fingerprint density at radius 1 is 1.69 bits per heavy atom. The smallest absolute Gasteiger partial charge is 0.230 e. The highest BCUT2D eigenvalue weighted by Gasteiger charge is 2.11. The third-order valence-electron chi connectivity index (χ3n) is 1.07. The summed E-state index contributed by atoms with van der Waals surface area (Å²) in [5, 5.41) is 10.6. The fourth-order valence-electron chi connectivity index (χ4n) is 0.596. The van der Waals surface area contributed by atoms with Gasteiger partial charge in [0.15, 0.2) is 0 Å². The van der Waals surface area contributed by atoms with Crippen LogP contribution < -0.4 is 11.1 Å². The SMILES string of the molecule is CC(C)(N)CSCC(=O)NCC#N. The van der Waals surface area contributed by atoms with Gasteiger partial charge in [-0.3, -0.25) is 4.79 Å². The van der Waals surface area contributed by atoms with E-state index in [1.165, 1.54) is 11.8 Å². The second-order valence-corrected chi connectivity index (χ2v) is 4.40. The number of carbonyl (C=O) groups is 1. The highest BCUT2D eigenvalue weighted by Crippen LogP contribution is 2.08. The molecule has 0 bridgehead atoms. The summed E-state index contributed by atoms with van der Waals surface area (Å²) in [6.45, 7) is 3.89.